The molecule has 27 heavy (non-hydrogen) atoms. The average molecular weight is 364 g/mol. The molecule has 0 saturated carbocycles. The first-order valence-corrected chi connectivity index (χ1v) is 9.15. The molecule has 2 aromatic carbocycles. The summed E-state index contributed by atoms with van der Waals surface area (Å²) in [7, 11) is 0. The summed E-state index contributed by atoms with van der Waals surface area (Å²) in [5.41, 5.74) is 9.00. The standard InChI is InChI=1S/C22H24N2O3/c1-12(2)15-8-6-9-16(13(3)4)20(15)24-21(26)17-10-5-7-14(11-18(23)25)19(17)22(24)27/h5-10,12-13H,11H2,1-4H3,(H2,23,25). The fourth-order valence-corrected chi connectivity index (χ4v) is 3.66. The summed E-state index contributed by atoms with van der Waals surface area (Å²) < 4.78 is 0. The van der Waals surface area contributed by atoms with Crippen molar-refractivity contribution in [1.29, 1.82) is 0 Å². The highest BCUT2D eigenvalue weighted by Crippen LogP contribution is 2.40. The monoisotopic (exact) mass is 364 g/mol. The Kier molecular flexibility index (Phi) is 4.87. The quantitative estimate of drug-likeness (QED) is 0.820. The average Bonchev–Trinajstić information content (AvgIpc) is 2.85. The first-order valence-electron chi connectivity index (χ1n) is 9.15. The third-order valence-electron chi connectivity index (χ3n) is 4.93. The summed E-state index contributed by atoms with van der Waals surface area (Å²) in [5, 5.41) is 0. The van der Waals surface area contributed by atoms with Gasteiger partial charge in [0, 0.05) is 0 Å². The molecule has 0 saturated heterocycles. The number of rotatable bonds is 5. The molecular formula is C22H24N2O3. The second-order valence-corrected chi connectivity index (χ2v) is 7.52. The van der Waals surface area contributed by atoms with Gasteiger partial charge >= 0.3 is 0 Å². The van der Waals surface area contributed by atoms with Gasteiger partial charge in [-0.2, -0.15) is 0 Å². The number of anilines is 1. The lowest BCUT2D eigenvalue weighted by atomic mass is 9.92. The number of primary amides is 1. The van der Waals surface area contributed by atoms with Gasteiger partial charge in [-0.1, -0.05) is 58.0 Å². The third-order valence-corrected chi connectivity index (χ3v) is 4.93. The zero-order valence-corrected chi connectivity index (χ0v) is 16.1. The van der Waals surface area contributed by atoms with Crippen LogP contribution in [0.4, 0.5) is 5.69 Å². The molecule has 3 amide bonds. The number of fused-ring (bicyclic) bond motifs is 1. The van der Waals surface area contributed by atoms with Crippen molar-refractivity contribution in [2.75, 3.05) is 4.90 Å². The van der Waals surface area contributed by atoms with Gasteiger partial charge in [0.25, 0.3) is 11.8 Å². The van der Waals surface area contributed by atoms with Gasteiger partial charge in [0.1, 0.15) is 0 Å². The van der Waals surface area contributed by atoms with Gasteiger partial charge in [-0.15, -0.1) is 0 Å². The van der Waals surface area contributed by atoms with Gasteiger partial charge in [-0.25, -0.2) is 4.90 Å². The van der Waals surface area contributed by atoms with Crippen LogP contribution in [0.3, 0.4) is 0 Å². The van der Waals surface area contributed by atoms with Crippen LogP contribution >= 0.6 is 0 Å². The van der Waals surface area contributed by atoms with Crippen LogP contribution in [-0.2, 0) is 11.2 Å². The number of carbonyl (C=O) groups is 3. The Morgan fingerprint density at radius 2 is 1.48 bits per heavy atom. The van der Waals surface area contributed by atoms with Crippen LogP contribution in [0.2, 0.25) is 0 Å². The maximum Gasteiger partial charge on any atom is 0.266 e. The lowest BCUT2D eigenvalue weighted by Crippen LogP contribution is -2.32. The molecule has 0 spiro atoms. The van der Waals surface area contributed by atoms with Crippen LogP contribution in [0.1, 0.15) is 76.9 Å². The first-order chi connectivity index (χ1) is 12.7. The van der Waals surface area contributed by atoms with Crippen LogP contribution in [0.25, 0.3) is 0 Å². The fraction of sp³-hybridized carbons (Fsp3) is 0.318. The molecule has 0 atom stereocenters. The molecule has 0 fully saturated rings. The van der Waals surface area contributed by atoms with Gasteiger partial charge in [0.2, 0.25) is 5.91 Å². The van der Waals surface area contributed by atoms with Gasteiger partial charge in [-0.3, -0.25) is 14.4 Å². The summed E-state index contributed by atoms with van der Waals surface area (Å²) in [6, 6.07) is 10.9. The minimum absolute atomic E-state index is 0.0705. The molecular weight excluding hydrogens is 340 g/mol. The predicted octanol–water partition coefficient (Wildman–Crippen LogP) is 3.76. The van der Waals surface area contributed by atoms with Crippen molar-refractivity contribution in [1.82, 2.24) is 0 Å². The summed E-state index contributed by atoms with van der Waals surface area (Å²) in [6.45, 7) is 8.17. The van der Waals surface area contributed by atoms with Crippen molar-refractivity contribution >= 4 is 23.4 Å². The van der Waals surface area contributed by atoms with Crippen LogP contribution < -0.4 is 10.6 Å². The Morgan fingerprint density at radius 3 is 2.00 bits per heavy atom. The molecule has 2 N–H and O–H groups in total. The van der Waals surface area contributed by atoms with Gasteiger partial charge in [0.05, 0.1) is 23.2 Å². The van der Waals surface area contributed by atoms with Crippen molar-refractivity contribution in [3.63, 3.8) is 0 Å². The van der Waals surface area contributed by atoms with Gasteiger partial charge in [0.15, 0.2) is 0 Å². The van der Waals surface area contributed by atoms with Crippen molar-refractivity contribution < 1.29 is 14.4 Å². The maximum atomic E-state index is 13.3. The number of benzene rings is 2. The van der Waals surface area contributed by atoms with E-state index >= 15 is 0 Å². The number of amides is 3. The van der Waals surface area contributed by atoms with E-state index in [-0.39, 0.29) is 35.6 Å². The fourth-order valence-electron chi connectivity index (χ4n) is 3.66. The van der Waals surface area contributed by atoms with Crippen LogP contribution in [0.15, 0.2) is 36.4 Å². The molecule has 1 aliphatic heterocycles. The molecule has 0 radical (unpaired) electrons. The molecule has 2 aromatic rings. The van der Waals surface area contributed by atoms with E-state index in [4.69, 9.17) is 5.73 Å². The molecule has 140 valence electrons. The normalized spacial score (nSPS) is 13.6. The van der Waals surface area contributed by atoms with Crippen molar-refractivity contribution in [3.8, 4) is 0 Å². The summed E-state index contributed by atoms with van der Waals surface area (Å²) >= 11 is 0. The van der Waals surface area contributed by atoms with Crippen LogP contribution in [-0.4, -0.2) is 17.7 Å². The number of nitrogens with zero attached hydrogens (tertiary/aromatic N) is 1. The Labute approximate surface area is 159 Å². The lowest BCUT2D eigenvalue weighted by molar-refractivity contribution is -0.117. The minimum atomic E-state index is -0.535. The number of hydrogen-bond donors (Lipinski definition) is 1. The maximum absolute atomic E-state index is 13.3. The Bertz CT molecular complexity index is 918. The lowest BCUT2D eigenvalue weighted by Gasteiger charge is -2.25. The van der Waals surface area contributed by atoms with E-state index in [2.05, 4.69) is 0 Å². The number of nitrogens with two attached hydrogens (primary N) is 1. The molecule has 1 heterocycles. The van der Waals surface area contributed by atoms with Crippen molar-refractivity contribution in [2.45, 2.75) is 46.0 Å². The zero-order chi connectivity index (χ0) is 19.9. The van der Waals surface area contributed by atoms with Crippen molar-refractivity contribution in [3.05, 3.63) is 64.2 Å². The largest absolute Gasteiger partial charge is 0.369 e. The highest BCUT2D eigenvalue weighted by Gasteiger charge is 2.40. The molecule has 0 bridgehead atoms. The molecule has 5 nitrogen and oxygen atoms in total. The number of hydrogen-bond acceptors (Lipinski definition) is 3. The minimum Gasteiger partial charge on any atom is -0.369 e. The number of para-hydroxylation sites is 1. The Balaban J connectivity index is 2.22. The Hall–Kier alpha value is -2.95. The second-order valence-electron chi connectivity index (χ2n) is 7.52. The third kappa shape index (κ3) is 3.14. The summed E-state index contributed by atoms with van der Waals surface area (Å²) in [6.07, 6.45) is -0.0705. The molecule has 0 unspecified atom stereocenters. The zero-order valence-electron chi connectivity index (χ0n) is 16.1. The van der Waals surface area contributed by atoms with Crippen LogP contribution in [0.5, 0.6) is 0 Å². The van der Waals surface area contributed by atoms with Crippen molar-refractivity contribution in [2.24, 2.45) is 5.73 Å². The topological polar surface area (TPSA) is 80.5 Å². The SMILES string of the molecule is CC(C)c1cccc(C(C)C)c1N1C(=O)c2cccc(CC(N)=O)c2C1=O. The van der Waals surface area contributed by atoms with Gasteiger partial charge in [-0.05, 0) is 34.6 Å². The molecule has 3 rings (SSSR count). The van der Waals surface area contributed by atoms with E-state index < -0.39 is 5.91 Å². The predicted molar refractivity (Wildman–Crippen MR) is 105 cm³/mol. The van der Waals surface area contributed by atoms with E-state index in [0.29, 0.717) is 16.8 Å². The van der Waals surface area contributed by atoms with E-state index in [1.165, 1.54) is 4.90 Å². The van der Waals surface area contributed by atoms with Gasteiger partial charge < -0.3 is 5.73 Å². The van der Waals surface area contributed by atoms with E-state index in [0.717, 1.165) is 11.1 Å². The number of imide groups is 1. The number of carbonyl (C=O) groups excluding carboxylic acids is 3. The highest BCUT2D eigenvalue weighted by molar-refractivity contribution is 6.35. The molecule has 1 aliphatic rings. The second kappa shape index (κ2) is 6.99. The molecule has 5 heteroatoms. The van der Waals surface area contributed by atoms with E-state index in [9.17, 15) is 14.4 Å². The smallest absolute Gasteiger partial charge is 0.266 e. The van der Waals surface area contributed by atoms with E-state index in [1.54, 1.807) is 18.2 Å². The highest BCUT2D eigenvalue weighted by atomic mass is 16.2. The van der Waals surface area contributed by atoms with Crippen LogP contribution in [0, 0.1) is 0 Å². The summed E-state index contributed by atoms with van der Waals surface area (Å²) in [4.78, 5) is 39.2. The Morgan fingerprint density at radius 1 is 0.926 bits per heavy atom. The molecule has 0 aromatic heterocycles. The van der Waals surface area contributed by atoms with E-state index in [1.807, 2.05) is 45.9 Å². The summed E-state index contributed by atoms with van der Waals surface area (Å²) in [5.74, 6) is -0.980. The molecule has 0 aliphatic carbocycles. The first kappa shape index (κ1) is 18.8.